The van der Waals surface area contributed by atoms with Crippen LogP contribution in [-0.2, 0) is 6.54 Å². The molecule has 1 aromatic rings. The Morgan fingerprint density at radius 2 is 2.12 bits per heavy atom. The summed E-state index contributed by atoms with van der Waals surface area (Å²) in [4.78, 5) is 2.78. The number of rotatable bonds is 6. The zero-order valence-electron chi connectivity index (χ0n) is 9.75. The lowest BCUT2D eigenvalue weighted by Gasteiger charge is -2.20. The van der Waals surface area contributed by atoms with Crippen molar-refractivity contribution in [2.24, 2.45) is 5.73 Å². The molecule has 0 heterocycles. The van der Waals surface area contributed by atoms with Crippen LogP contribution in [0.15, 0.2) is 18.2 Å². The first kappa shape index (κ1) is 14.7. The maximum absolute atomic E-state index is 6.15. The van der Waals surface area contributed by atoms with E-state index in [1.807, 2.05) is 12.1 Å². The molecule has 1 rings (SSSR count). The average Bonchev–Trinajstić information content (AvgIpc) is 2.29. The van der Waals surface area contributed by atoms with Crippen LogP contribution in [0, 0.1) is 0 Å². The molecule has 0 aliphatic rings. The zero-order chi connectivity index (χ0) is 12.8. The van der Waals surface area contributed by atoms with Gasteiger partial charge in [-0.1, -0.05) is 54.5 Å². The molecule has 0 unspecified atom stereocenters. The molecule has 0 aliphatic carbocycles. The Kier molecular flexibility index (Phi) is 6.20. The Hall–Kier alpha value is -0.350. The number of thiocarbonyl (C=S) groups is 1. The Labute approximate surface area is 118 Å². The van der Waals surface area contributed by atoms with Gasteiger partial charge in [0.2, 0.25) is 0 Å². The van der Waals surface area contributed by atoms with E-state index in [0.717, 1.165) is 31.6 Å². The van der Waals surface area contributed by atoms with Crippen LogP contribution >= 0.6 is 35.4 Å². The number of nitrogens with zero attached hydrogens (tertiary/aromatic N) is 1. The maximum atomic E-state index is 6.15. The van der Waals surface area contributed by atoms with Gasteiger partial charge in [0.15, 0.2) is 0 Å². The molecule has 0 saturated carbocycles. The summed E-state index contributed by atoms with van der Waals surface area (Å²) in [6.07, 6.45) is 0.724. The molecule has 17 heavy (non-hydrogen) atoms. The van der Waals surface area contributed by atoms with Gasteiger partial charge in [0, 0.05) is 19.5 Å². The smallest absolute Gasteiger partial charge is 0.0740 e. The minimum Gasteiger partial charge on any atom is -0.393 e. The largest absolute Gasteiger partial charge is 0.393 e. The van der Waals surface area contributed by atoms with E-state index in [1.54, 1.807) is 6.07 Å². The molecular formula is C12H16Cl2N2S. The van der Waals surface area contributed by atoms with Gasteiger partial charge in [-0.15, -0.1) is 0 Å². The highest BCUT2D eigenvalue weighted by molar-refractivity contribution is 7.80. The highest BCUT2D eigenvalue weighted by atomic mass is 35.5. The summed E-state index contributed by atoms with van der Waals surface area (Å²) in [7, 11) is 0. The molecule has 0 aromatic heterocycles. The Morgan fingerprint density at radius 3 is 2.71 bits per heavy atom. The standard InChI is InChI=1S/C12H16Cl2N2S/c1-2-16(7-6-11(15)17)8-9-4-3-5-10(13)12(9)14/h3-5H,2,6-8H2,1H3,(H2,15,17). The lowest BCUT2D eigenvalue weighted by Crippen LogP contribution is -2.27. The number of hydrogen-bond donors (Lipinski definition) is 1. The van der Waals surface area contributed by atoms with E-state index in [1.165, 1.54) is 0 Å². The first-order chi connectivity index (χ1) is 8.04. The van der Waals surface area contributed by atoms with Crippen LogP contribution in [0.5, 0.6) is 0 Å². The van der Waals surface area contributed by atoms with Gasteiger partial charge in [-0.2, -0.15) is 0 Å². The summed E-state index contributed by atoms with van der Waals surface area (Å²) in [6, 6.07) is 5.68. The van der Waals surface area contributed by atoms with Crippen molar-refractivity contribution in [2.45, 2.75) is 19.9 Å². The van der Waals surface area contributed by atoms with Crippen molar-refractivity contribution in [1.82, 2.24) is 4.90 Å². The molecular weight excluding hydrogens is 275 g/mol. The lowest BCUT2D eigenvalue weighted by molar-refractivity contribution is 0.289. The molecule has 0 saturated heterocycles. The van der Waals surface area contributed by atoms with E-state index in [0.29, 0.717) is 15.0 Å². The van der Waals surface area contributed by atoms with Crippen LogP contribution in [0.2, 0.25) is 10.0 Å². The van der Waals surface area contributed by atoms with Crippen molar-refractivity contribution >= 4 is 40.4 Å². The second kappa shape index (κ2) is 7.17. The minimum absolute atomic E-state index is 0.542. The van der Waals surface area contributed by atoms with E-state index in [4.69, 9.17) is 41.2 Å². The molecule has 5 heteroatoms. The van der Waals surface area contributed by atoms with Crippen LogP contribution in [0.3, 0.4) is 0 Å². The van der Waals surface area contributed by atoms with Crippen LogP contribution in [-0.4, -0.2) is 23.0 Å². The molecule has 0 fully saturated rings. The predicted molar refractivity (Wildman–Crippen MR) is 78.8 cm³/mol. The highest BCUT2D eigenvalue weighted by Gasteiger charge is 2.09. The van der Waals surface area contributed by atoms with Gasteiger partial charge in [-0.3, -0.25) is 4.90 Å². The summed E-state index contributed by atoms with van der Waals surface area (Å²) < 4.78 is 0. The SMILES string of the molecule is CCN(CCC(N)=S)Cc1cccc(Cl)c1Cl. The second-order valence-electron chi connectivity index (χ2n) is 3.80. The van der Waals surface area contributed by atoms with Crippen molar-refractivity contribution in [3.05, 3.63) is 33.8 Å². The van der Waals surface area contributed by atoms with Crippen molar-refractivity contribution in [1.29, 1.82) is 0 Å². The Bertz CT molecular complexity index is 396. The van der Waals surface area contributed by atoms with Gasteiger partial charge in [-0.25, -0.2) is 0 Å². The van der Waals surface area contributed by atoms with Crippen LogP contribution in [0.25, 0.3) is 0 Å². The number of halogens is 2. The average molecular weight is 291 g/mol. The molecule has 0 aliphatic heterocycles. The van der Waals surface area contributed by atoms with E-state index in [2.05, 4.69) is 11.8 Å². The van der Waals surface area contributed by atoms with Crippen molar-refractivity contribution in [3.63, 3.8) is 0 Å². The molecule has 94 valence electrons. The van der Waals surface area contributed by atoms with E-state index in [9.17, 15) is 0 Å². The Morgan fingerprint density at radius 1 is 1.41 bits per heavy atom. The summed E-state index contributed by atoms with van der Waals surface area (Å²) in [5.41, 5.74) is 6.53. The lowest BCUT2D eigenvalue weighted by atomic mass is 10.2. The summed E-state index contributed by atoms with van der Waals surface area (Å²) in [5, 5.41) is 1.22. The van der Waals surface area contributed by atoms with E-state index >= 15 is 0 Å². The highest BCUT2D eigenvalue weighted by Crippen LogP contribution is 2.26. The van der Waals surface area contributed by atoms with Gasteiger partial charge in [-0.05, 0) is 18.2 Å². The third-order valence-corrected chi connectivity index (χ3v) is 3.61. The molecule has 0 radical (unpaired) electrons. The number of nitrogens with two attached hydrogens (primary N) is 1. The molecule has 0 bridgehead atoms. The fourth-order valence-electron chi connectivity index (χ4n) is 1.53. The van der Waals surface area contributed by atoms with Crippen molar-refractivity contribution < 1.29 is 0 Å². The van der Waals surface area contributed by atoms with Crippen LogP contribution in [0.1, 0.15) is 18.9 Å². The minimum atomic E-state index is 0.542. The zero-order valence-corrected chi connectivity index (χ0v) is 12.1. The number of benzene rings is 1. The van der Waals surface area contributed by atoms with Gasteiger partial charge >= 0.3 is 0 Å². The monoisotopic (exact) mass is 290 g/mol. The summed E-state index contributed by atoms with van der Waals surface area (Å²) >= 11 is 17.0. The van der Waals surface area contributed by atoms with Gasteiger partial charge in [0.25, 0.3) is 0 Å². The topological polar surface area (TPSA) is 29.3 Å². The second-order valence-corrected chi connectivity index (χ2v) is 5.11. The fraction of sp³-hybridized carbons (Fsp3) is 0.417. The van der Waals surface area contributed by atoms with Gasteiger partial charge in [0.05, 0.1) is 15.0 Å². The van der Waals surface area contributed by atoms with Gasteiger partial charge in [0.1, 0.15) is 0 Å². The first-order valence-electron chi connectivity index (χ1n) is 5.48. The normalized spacial score (nSPS) is 10.8. The van der Waals surface area contributed by atoms with Crippen molar-refractivity contribution in [2.75, 3.05) is 13.1 Å². The molecule has 1 aromatic carbocycles. The summed E-state index contributed by atoms with van der Waals surface area (Å²) in [5.74, 6) is 0. The predicted octanol–water partition coefficient (Wildman–Crippen LogP) is 3.49. The number of hydrogen-bond acceptors (Lipinski definition) is 2. The fourth-order valence-corrected chi connectivity index (χ4v) is 2.00. The van der Waals surface area contributed by atoms with Gasteiger partial charge < -0.3 is 5.73 Å². The Balaban J connectivity index is 2.67. The molecule has 0 spiro atoms. The van der Waals surface area contributed by atoms with Crippen LogP contribution < -0.4 is 5.73 Å². The molecule has 0 amide bonds. The maximum Gasteiger partial charge on any atom is 0.0740 e. The summed E-state index contributed by atoms with van der Waals surface area (Å²) in [6.45, 7) is 4.62. The quantitative estimate of drug-likeness (QED) is 0.813. The molecule has 2 N–H and O–H groups in total. The van der Waals surface area contributed by atoms with E-state index < -0.39 is 0 Å². The third-order valence-electron chi connectivity index (χ3n) is 2.55. The molecule has 0 atom stereocenters. The first-order valence-corrected chi connectivity index (χ1v) is 6.64. The van der Waals surface area contributed by atoms with Crippen molar-refractivity contribution in [3.8, 4) is 0 Å². The molecule has 2 nitrogen and oxygen atoms in total. The third kappa shape index (κ3) is 4.80. The van der Waals surface area contributed by atoms with E-state index in [-0.39, 0.29) is 0 Å². The van der Waals surface area contributed by atoms with Crippen LogP contribution in [0.4, 0.5) is 0 Å².